The zero-order valence-electron chi connectivity index (χ0n) is 11.9. The zero-order valence-corrected chi connectivity index (χ0v) is 12.7. The molecule has 0 spiro atoms. The molecular formula is C16H22O2S. The molecule has 19 heavy (non-hydrogen) atoms. The SMILES string of the molecule is COc1ccc(CSCCC(C)C)cc1C#CCO. The number of benzene rings is 1. The quantitative estimate of drug-likeness (QED) is 0.639. The van der Waals surface area contributed by atoms with E-state index in [4.69, 9.17) is 9.84 Å². The van der Waals surface area contributed by atoms with Crippen molar-refractivity contribution in [2.45, 2.75) is 26.0 Å². The third kappa shape index (κ3) is 6.04. The highest BCUT2D eigenvalue weighted by atomic mass is 32.2. The average Bonchev–Trinajstić information content (AvgIpc) is 2.41. The molecular weight excluding hydrogens is 256 g/mol. The number of aliphatic hydroxyl groups excluding tert-OH is 1. The van der Waals surface area contributed by atoms with Gasteiger partial charge in [0.1, 0.15) is 12.4 Å². The van der Waals surface area contributed by atoms with Gasteiger partial charge < -0.3 is 9.84 Å². The minimum atomic E-state index is -0.128. The smallest absolute Gasteiger partial charge is 0.134 e. The van der Waals surface area contributed by atoms with Crippen molar-refractivity contribution >= 4 is 11.8 Å². The first kappa shape index (κ1) is 15.9. The molecule has 0 bridgehead atoms. The van der Waals surface area contributed by atoms with Crippen molar-refractivity contribution in [2.24, 2.45) is 5.92 Å². The van der Waals surface area contributed by atoms with E-state index in [0.717, 1.165) is 23.0 Å². The lowest BCUT2D eigenvalue weighted by atomic mass is 10.1. The Morgan fingerprint density at radius 3 is 2.79 bits per heavy atom. The van der Waals surface area contributed by atoms with Crippen molar-refractivity contribution in [3.05, 3.63) is 29.3 Å². The summed E-state index contributed by atoms with van der Waals surface area (Å²) < 4.78 is 5.26. The first-order chi connectivity index (χ1) is 9.17. The van der Waals surface area contributed by atoms with Crippen LogP contribution in [0.1, 0.15) is 31.4 Å². The predicted octanol–water partition coefficient (Wildman–Crippen LogP) is 3.32. The second-order valence-corrected chi connectivity index (χ2v) is 5.83. The number of thioether (sulfide) groups is 1. The molecule has 1 aromatic carbocycles. The van der Waals surface area contributed by atoms with Gasteiger partial charge >= 0.3 is 0 Å². The molecule has 1 N–H and O–H groups in total. The number of ether oxygens (including phenoxy) is 1. The van der Waals surface area contributed by atoms with Crippen molar-refractivity contribution in [2.75, 3.05) is 19.5 Å². The van der Waals surface area contributed by atoms with Gasteiger partial charge in [0.05, 0.1) is 12.7 Å². The van der Waals surface area contributed by atoms with Gasteiger partial charge in [-0.15, -0.1) is 0 Å². The molecule has 0 unspecified atom stereocenters. The molecule has 1 rings (SSSR count). The summed E-state index contributed by atoms with van der Waals surface area (Å²) in [5, 5.41) is 8.77. The highest BCUT2D eigenvalue weighted by molar-refractivity contribution is 7.98. The van der Waals surface area contributed by atoms with E-state index in [1.807, 2.05) is 23.9 Å². The standard InChI is InChI=1S/C16H22O2S/c1-13(2)8-10-19-12-14-6-7-16(18-3)15(11-14)5-4-9-17/h6-7,11,13,17H,8-10,12H2,1-3H3. The maximum Gasteiger partial charge on any atom is 0.134 e. The van der Waals surface area contributed by atoms with Gasteiger partial charge in [0.2, 0.25) is 0 Å². The maximum absolute atomic E-state index is 8.77. The third-order valence-electron chi connectivity index (χ3n) is 2.67. The Hall–Kier alpha value is -1.11. The second-order valence-electron chi connectivity index (χ2n) is 4.73. The summed E-state index contributed by atoms with van der Waals surface area (Å²) >= 11 is 1.94. The first-order valence-corrected chi connectivity index (χ1v) is 7.67. The minimum absolute atomic E-state index is 0.128. The van der Waals surface area contributed by atoms with Crippen LogP contribution in [0, 0.1) is 17.8 Å². The Kier molecular flexibility index (Phi) is 7.47. The molecule has 0 radical (unpaired) electrons. The Morgan fingerprint density at radius 1 is 1.37 bits per heavy atom. The Balaban J connectivity index is 2.64. The molecule has 0 aliphatic carbocycles. The largest absolute Gasteiger partial charge is 0.495 e. The van der Waals surface area contributed by atoms with Crippen LogP contribution in [0.5, 0.6) is 5.75 Å². The van der Waals surface area contributed by atoms with E-state index in [-0.39, 0.29) is 6.61 Å². The molecule has 0 saturated heterocycles. The van der Waals surface area contributed by atoms with E-state index in [1.54, 1.807) is 7.11 Å². The molecule has 1 aromatic rings. The van der Waals surface area contributed by atoms with E-state index in [0.29, 0.717) is 0 Å². The number of rotatable bonds is 6. The van der Waals surface area contributed by atoms with Gasteiger partial charge in [0.25, 0.3) is 0 Å². The van der Waals surface area contributed by atoms with Gasteiger partial charge in [-0.05, 0) is 35.8 Å². The number of aliphatic hydroxyl groups is 1. The molecule has 0 fully saturated rings. The highest BCUT2D eigenvalue weighted by Crippen LogP contribution is 2.22. The van der Waals surface area contributed by atoms with Gasteiger partial charge in [0.15, 0.2) is 0 Å². The van der Waals surface area contributed by atoms with Gasteiger partial charge in [-0.25, -0.2) is 0 Å². The van der Waals surface area contributed by atoms with Crippen molar-refractivity contribution in [1.29, 1.82) is 0 Å². The topological polar surface area (TPSA) is 29.5 Å². The second kappa shape index (κ2) is 8.90. The minimum Gasteiger partial charge on any atom is -0.495 e. The molecule has 3 heteroatoms. The van der Waals surface area contributed by atoms with Gasteiger partial charge in [0, 0.05) is 5.75 Å². The summed E-state index contributed by atoms with van der Waals surface area (Å²) in [6.07, 6.45) is 1.25. The number of hydrogen-bond donors (Lipinski definition) is 1. The van der Waals surface area contributed by atoms with Gasteiger partial charge in [-0.3, -0.25) is 0 Å². The van der Waals surface area contributed by atoms with Crippen molar-refractivity contribution in [3.8, 4) is 17.6 Å². The molecule has 0 aromatic heterocycles. The van der Waals surface area contributed by atoms with Crippen LogP contribution in [0.15, 0.2) is 18.2 Å². The fourth-order valence-electron chi connectivity index (χ4n) is 1.59. The van der Waals surface area contributed by atoms with Crippen LogP contribution in [0.3, 0.4) is 0 Å². The van der Waals surface area contributed by atoms with Crippen LogP contribution in [0.4, 0.5) is 0 Å². The Bertz CT molecular complexity index is 444. The third-order valence-corrected chi connectivity index (χ3v) is 3.74. The summed E-state index contributed by atoms with van der Waals surface area (Å²) in [6.45, 7) is 4.36. The van der Waals surface area contributed by atoms with E-state index >= 15 is 0 Å². The Morgan fingerprint density at radius 2 is 2.16 bits per heavy atom. The summed E-state index contributed by atoms with van der Waals surface area (Å²) in [7, 11) is 1.64. The van der Waals surface area contributed by atoms with Crippen LogP contribution in [0.2, 0.25) is 0 Å². The fraction of sp³-hybridized carbons (Fsp3) is 0.500. The monoisotopic (exact) mass is 278 g/mol. The van der Waals surface area contributed by atoms with E-state index < -0.39 is 0 Å². The summed E-state index contributed by atoms with van der Waals surface area (Å²) in [4.78, 5) is 0. The van der Waals surface area contributed by atoms with Crippen LogP contribution in [0.25, 0.3) is 0 Å². The summed E-state index contributed by atoms with van der Waals surface area (Å²) in [5.41, 5.74) is 2.09. The molecule has 0 aliphatic heterocycles. The van der Waals surface area contributed by atoms with Crippen LogP contribution in [-0.4, -0.2) is 24.6 Å². The van der Waals surface area contributed by atoms with E-state index in [1.165, 1.54) is 17.7 Å². The molecule has 0 atom stereocenters. The van der Waals surface area contributed by atoms with Crippen LogP contribution in [-0.2, 0) is 5.75 Å². The molecule has 0 aliphatic rings. The predicted molar refractivity (Wildman–Crippen MR) is 82.6 cm³/mol. The maximum atomic E-state index is 8.77. The van der Waals surface area contributed by atoms with Crippen LogP contribution < -0.4 is 4.74 Å². The average molecular weight is 278 g/mol. The van der Waals surface area contributed by atoms with E-state index in [9.17, 15) is 0 Å². The number of methoxy groups -OCH3 is 1. The lowest BCUT2D eigenvalue weighted by Gasteiger charge is -2.07. The number of hydrogen-bond acceptors (Lipinski definition) is 3. The molecule has 0 heterocycles. The van der Waals surface area contributed by atoms with E-state index in [2.05, 4.69) is 31.8 Å². The first-order valence-electron chi connectivity index (χ1n) is 6.51. The summed E-state index contributed by atoms with van der Waals surface area (Å²) in [6, 6.07) is 6.06. The fourth-order valence-corrected chi connectivity index (χ4v) is 2.78. The van der Waals surface area contributed by atoms with Gasteiger partial charge in [-0.2, -0.15) is 11.8 Å². The van der Waals surface area contributed by atoms with Crippen LogP contribution >= 0.6 is 11.8 Å². The Labute approximate surface area is 120 Å². The lowest BCUT2D eigenvalue weighted by Crippen LogP contribution is -1.93. The lowest BCUT2D eigenvalue weighted by molar-refractivity contribution is 0.350. The van der Waals surface area contributed by atoms with Crippen molar-refractivity contribution < 1.29 is 9.84 Å². The van der Waals surface area contributed by atoms with Gasteiger partial charge in [-0.1, -0.05) is 31.8 Å². The zero-order chi connectivity index (χ0) is 14.1. The van der Waals surface area contributed by atoms with Crippen molar-refractivity contribution in [1.82, 2.24) is 0 Å². The normalized spacial score (nSPS) is 10.2. The van der Waals surface area contributed by atoms with Crippen molar-refractivity contribution in [3.63, 3.8) is 0 Å². The molecule has 0 amide bonds. The molecule has 104 valence electrons. The molecule has 2 nitrogen and oxygen atoms in total. The molecule has 0 saturated carbocycles. The highest BCUT2D eigenvalue weighted by Gasteiger charge is 2.03. The summed E-state index contributed by atoms with van der Waals surface area (Å²) in [5.74, 6) is 9.29.